The molecule has 0 aliphatic rings. The molecule has 0 spiro atoms. The predicted octanol–water partition coefficient (Wildman–Crippen LogP) is 3.90. The average Bonchev–Trinajstić information content (AvgIpc) is 2.35. The van der Waals surface area contributed by atoms with Gasteiger partial charge in [0.1, 0.15) is 0 Å². The van der Waals surface area contributed by atoms with Crippen molar-refractivity contribution in [1.29, 1.82) is 0 Å². The molecule has 1 aromatic carbocycles. The number of alkyl halides is 3. The fourth-order valence-electron chi connectivity index (χ4n) is 1.67. The maximum Gasteiger partial charge on any atom is 0.389 e. The van der Waals surface area contributed by atoms with Crippen molar-refractivity contribution in [3.63, 3.8) is 0 Å². The van der Waals surface area contributed by atoms with Crippen molar-refractivity contribution in [3.05, 3.63) is 22.2 Å². The van der Waals surface area contributed by atoms with Crippen LogP contribution in [-0.2, 0) is 6.54 Å². The van der Waals surface area contributed by atoms with Crippen molar-refractivity contribution in [2.75, 3.05) is 20.8 Å². The Hall–Kier alpha value is -0.950. The van der Waals surface area contributed by atoms with Gasteiger partial charge in [0, 0.05) is 13.0 Å². The fourth-order valence-corrected chi connectivity index (χ4v) is 2.27. The van der Waals surface area contributed by atoms with Gasteiger partial charge < -0.3 is 14.8 Å². The van der Waals surface area contributed by atoms with Crippen molar-refractivity contribution < 1.29 is 22.6 Å². The fraction of sp³-hybridized carbons (Fsp3) is 0.538. The van der Waals surface area contributed by atoms with Gasteiger partial charge in [0.15, 0.2) is 11.5 Å². The summed E-state index contributed by atoms with van der Waals surface area (Å²) in [7, 11) is 3.31. The third kappa shape index (κ3) is 5.58. The number of halogens is 4. The molecule has 0 saturated carbocycles. The van der Waals surface area contributed by atoms with Gasteiger partial charge in [-0.15, -0.1) is 0 Å². The molecule has 0 bridgehead atoms. The summed E-state index contributed by atoms with van der Waals surface area (Å²) in [4.78, 5) is 0. The maximum absolute atomic E-state index is 12.0. The van der Waals surface area contributed by atoms with E-state index in [-0.39, 0.29) is 13.0 Å². The first-order chi connectivity index (χ1) is 9.37. The van der Waals surface area contributed by atoms with Crippen molar-refractivity contribution >= 4 is 15.9 Å². The van der Waals surface area contributed by atoms with Crippen LogP contribution in [0, 0.1) is 0 Å². The van der Waals surface area contributed by atoms with Crippen LogP contribution in [0.1, 0.15) is 18.4 Å². The Balaban J connectivity index is 2.69. The second kappa shape index (κ2) is 7.73. The van der Waals surface area contributed by atoms with E-state index in [0.29, 0.717) is 22.5 Å². The molecular formula is C13H17BrF3NO2. The highest BCUT2D eigenvalue weighted by molar-refractivity contribution is 9.10. The molecule has 0 heterocycles. The first-order valence-electron chi connectivity index (χ1n) is 6.08. The lowest BCUT2D eigenvalue weighted by Gasteiger charge is -2.14. The highest BCUT2D eigenvalue weighted by Crippen LogP contribution is 2.37. The van der Waals surface area contributed by atoms with E-state index in [2.05, 4.69) is 21.2 Å². The number of benzene rings is 1. The van der Waals surface area contributed by atoms with E-state index in [1.54, 1.807) is 6.07 Å². The molecule has 1 N–H and O–H groups in total. The molecule has 0 radical (unpaired) electrons. The molecule has 1 aromatic rings. The molecule has 20 heavy (non-hydrogen) atoms. The van der Waals surface area contributed by atoms with Crippen LogP contribution in [0.25, 0.3) is 0 Å². The Morgan fingerprint density at radius 1 is 1.30 bits per heavy atom. The number of methoxy groups -OCH3 is 1. The van der Waals surface area contributed by atoms with E-state index in [4.69, 9.17) is 9.47 Å². The molecule has 1 rings (SSSR count). The van der Waals surface area contributed by atoms with Gasteiger partial charge >= 0.3 is 6.18 Å². The number of hydrogen-bond donors (Lipinski definition) is 1. The molecule has 0 amide bonds. The Morgan fingerprint density at radius 2 is 2.00 bits per heavy atom. The van der Waals surface area contributed by atoms with E-state index >= 15 is 0 Å². The van der Waals surface area contributed by atoms with Gasteiger partial charge in [0.25, 0.3) is 0 Å². The summed E-state index contributed by atoms with van der Waals surface area (Å²) < 4.78 is 47.4. The van der Waals surface area contributed by atoms with Crippen LogP contribution in [0.2, 0.25) is 0 Å². The minimum atomic E-state index is -4.15. The van der Waals surface area contributed by atoms with Gasteiger partial charge in [0.2, 0.25) is 0 Å². The second-order valence-electron chi connectivity index (χ2n) is 4.21. The number of hydrogen-bond acceptors (Lipinski definition) is 3. The molecular weight excluding hydrogens is 339 g/mol. The monoisotopic (exact) mass is 355 g/mol. The molecule has 0 saturated heterocycles. The number of nitrogens with one attached hydrogen (secondary N) is 1. The lowest BCUT2D eigenvalue weighted by molar-refractivity contribution is -0.136. The molecule has 0 atom stereocenters. The van der Waals surface area contributed by atoms with Gasteiger partial charge in [-0.3, -0.25) is 0 Å². The summed E-state index contributed by atoms with van der Waals surface area (Å²) in [5.41, 5.74) is 0.985. The zero-order valence-corrected chi connectivity index (χ0v) is 12.9. The SMILES string of the molecule is CNCc1cc(Br)c(OCCCC(F)(F)F)c(OC)c1. The lowest BCUT2D eigenvalue weighted by Crippen LogP contribution is -2.10. The normalized spacial score (nSPS) is 11.5. The van der Waals surface area contributed by atoms with Crippen LogP contribution in [0.4, 0.5) is 13.2 Å². The summed E-state index contributed by atoms with van der Waals surface area (Å²) >= 11 is 3.35. The van der Waals surface area contributed by atoms with Crippen LogP contribution < -0.4 is 14.8 Å². The average molecular weight is 356 g/mol. The smallest absolute Gasteiger partial charge is 0.389 e. The second-order valence-corrected chi connectivity index (χ2v) is 5.06. The number of rotatable bonds is 7. The third-order valence-electron chi connectivity index (χ3n) is 2.52. The summed E-state index contributed by atoms with van der Waals surface area (Å²) in [5.74, 6) is 0.922. The predicted molar refractivity (Wildman–Crippen MR) is 74.2 cm³/mol. The van der Waals surface area contributed by atoms with Crippen molar-refractivity contribution in [2.45, 2.75) is 25.6 Å². The van der Waals surface area contributed by atoms with E-state index in [1.807, 2.05) is 13.1 Å². The molecule has 0 aliphatic carbocycles. The van der Waals surface area contributed by atoms with Crippen molar-refractivity contribution in [1.82, 2.24) is 5.32 Å². The topological polar surface area (TPSA) is 30.5 Å². The van der Waals surface area contributed by atoms with Crippen LogP contribution >= 0.6 is 15.9 Å². The Labute approximate surface area is 124 Å². The summed E-state index contributed by atoms with van der Waals surface area (Å²) in [6, 6.07) is 3.64. The standard InChI is InChI=1S/C13H17BrF3NO2/c1-18-8-9-6-10(14)12(11(7-9)19-2)20-5-3-4-13(15,16)17/h6-7,18H,3-5,8H2,1-2H3. The van der Waals surface area contributed by atoms with Gasteiger partial charge in [-0.25, -0.2) is 0 Å². The summed E-state index contributed by atoms with van der Waals surface area (Å²) in [6.45, 7) is 0.642. The highest BCUT2D eigenvalue weighted by atomic mass is 79.9. The molecule has 0 fully saturated rings. The van der Waals surface area contributed by atoms with E-state index < -0.39 is 12.6 Å². The van der Waals surface area contributed by atoms with Crippen LogP contribution in [0.3, 0.4) is 0 Å². The molecule has 7 heteroatoms. The minimum Gasteiger partial charge on any atom is -0.493 e. The molecule has 0 aromatic heterocycles. The Morgan fingerprint density at radius 3 is 2.55 bits per heavy atom. The van der Waals surface area contributed by atoms with Crippen molar-refractivity contribution in [2.24, 2.45) is 0 Å². The van der Waals surface area contributed by atoms with Crippen molar-refractivity contribution in [3.8, 4) is 11.5 Å². The van der Waals surface area contributed by atoms with Gasteiger partial charge in [0.05, 0.1) is 18.2 Å². The van der Waals surface area contributed by atoms with Crippen LogP contribution in [0.5, 0.6) is 11.5 Å². The summed E-state index contributed by atoms with van der Waals surface area (Å²) in [5, 5.41) is 3.01. The zero-order chi connectivity index (χ0) is 15.2. The van der Waals surface area contributed by atoms with Gasteiger partial charge in [-0.2, -0.15) is 13.2 Å². The molecule has 0 aliphatic heterocycles. The number of ether oxygens (including phenoxy) is 2. The van der Waals surface area contributed by atoms with E-state index in [1.165, 1.54) is 7.11 Å². The third-order valence-corrected chi connectivity index (χ3v) is 3.11. The first-order valence-corrected chi connectivity index (χ1v) is 6.87. The Bertz CT molecular complexity index is 438. The summed E-state index contributed by atoms with van der Waals surface area (Å²) in [6.07, 6.45) is -5.09. The zero-order valence-electron chi connectivity index (χ0n) is 11.3. The van der Waals surface area contributed by atoms with Crippen LogP contribution in [0.15, 0.2) is 16.6 Å². The molecule has 3 nitrogen and oxygen atoms in total. The van der Waals surface area contributed by atoms with Gasteiger partial charge in [-0.05, 0) is 47.1 Å². The van der Waals surface area contributed by atoms with E-state index in [9.17, 15) is 13.2 Å². The largest absolute Gasteiger partial charge is 0.493 e. The quantitative estimate of drug-likeness (QED) is 0.752. The lowest BCUT2D eigenvalue weighted by atomic mass is 10.2. The molecule has 114 valence electrons. The Kier molecular flexibility index (Phi) is 6.61. The minimum absolute atomic E-state index is 0.0140. The van der Waals surface area contributed by atoms with Gasteiger partial charge in [-0.1, -0.05) is 0 Å². The maximum atomic E-state index is 12.0. The van der Waals surface area contributed by atoms with Crippen LogP contribution in [-0.4, -0.2) is 26.9 Å². The highest BCUT2D eigenvalue weighted by Gasteiger charge is 2.26. The molecule has 0 unspecified atom stereocenters. The first kappa shape index (κ1) is 17.1. The van der Waals surface area contributed by atoms with E-state index in [0.717, 1.165) is 5.56 Å².